The minimum atomic E-state index is -4.59. The number of amides is 2. The van der Waals surface area contributed by atoms with Gasteiger partial charge in [-0.1, -0.05) is 6.07 Å². The highest BCUT2D eigenvalue weighted by Gasteiger charge is 2.31. The number of esters is 1. The Kier molecular flexibility index (Phi) is 6.11. The fraction of sp³-hybridized carbons (Fsp3) is 0.357. The average Bonchev–Trinajstić information content (AvgIpc) is 2.49. The molecule has 0 bridgehead atoms. The van der Waals surface area contributed by atoms with Crippen LogP contribution in [0.4, 0.5) is 13.2 Å². The molecule has 0 aliphatic heterocycles. The maximum atomic E-state index is 12.6. The van der Waals surface area contributed by atoms with Crippen molar-refractivity contribution in [3.63, 3.8) is 0 Å². The molecule has 1 atom stereocenters. The van der Waals surface area contributed by atoms with Crippen LogP contribution in [-0.2, 0) is 20.5 Å². The number of hydrogen-bond donors (Lipinski definition) is 2. The van der Waals surface area contributed by atoms with Crippen molar-refractivity contribution in [1.29, 1.82) is 0 Å². The molecule has 1 aromatic rings. The van der Waals surface area contributed by atoms with Gasteiger partial charge < -0.3 is 15.8 Å². The minimum absolute atomic E-state index is 0.118. The number of primary amides is 1. The molecule has 0 saturated carbocycles. The second-order valence-corrected chi connectivity index (χ2v) is 4.62. The van der Waals surface area contributed by atoms with E-state index in [4.69, 9.17) is 5.73 Å². The third kappa shape index (κ3) is 5.61. The Morgan fingerprint density at radius 3 is 2.48 bits per heavy atom. The summed E-state index contributed by atoms with van der Waals surface area (Å²) in [7, 11) is 1.16. The van der Waals surface area contributed by atoms with E-state index in [1.165, 1.54) is 6.07 Å². The summed E-state index contributed by atoms with van der Waals surface area (Å²) in [6.07, 6.45) is -4.88. The van der Waals surface area contributed by atoms with Gasteiger partial charge in [0, 0.05) is 12.0 Å². The van der Waals surface area contributed by atoms with Crippen LogP contribution < -0.4 is 11.1 Å². The fourth-order valence-electron chi connectivity index (χ4n) is 1.73. The van der Waals surface area contributed by atoms with Crippen LogP contribution in [0.15, 0.2) is 24.3 Å². The molecule has 126 valence electrons. The van der Waals surface area contributed by atoms with Crippen LogP contribution in [0, 0.1) is 0 Å². The number of alkyl halides is 3. The first-order valence-corrected chi connectivity index (χ1v) is 6.49. The zero-order chi connectivity index (χ0) is 17.6. The van der Waals surface area contributed by atoms with E-state index in [1.54, 1.807) is 0 Å². The highest BCUT2D eigenvalue weighted by molar-refractivity contribution is 5.97. The van der Waals surface area contributed by atoms with Gasteiger partial charge in [-0.15, -0.1) is 0 Å². The zero-order valence-electron chi connectivity index (χ0n) is 12.1. The monoisotopic (exact) mass is 332 g/mol. The summed E-state index contributed by atoms with van der Waals surface area (Å²) in [4.78, 5) is 34.3. The van der Waals surface area contributed by atoms with Gasteiger partial charge in [-0.25, -0.2) is 0 Å². The molecule has 6 nitrogen and oxygen atoms in total. The predicted molar refractivity (Wildman–Crippen MR) is 73.1 cm³/mol. The van der Waals surface area contributed by atoms with E-state index in [0.717, 1.165) is 19.2 Å². The lowest BCUT2D eigenvalue weighted by Crippen LogP contribution is -2.44. The number of hydrogen-bond acceptors (Lipinski definition) is 4. The minimum Gasteiger partial charge on any atom is -0.469 e. The largest absolute Gasteiger partial charge is 0.469 e. The molecule has 0 aliphatic carbocycles. The number of ether oxygens (including phenoxy) is 1. The Morgan fingerprint density at radius 2 is 1.96 bits per heavy atom. The lowest BCUT2D eigenvalue weighted by molar-refractivity contribution is -0.141. The van der Waals surface area contributed by atoms with E-state index in [-0.39, 0.29) is 18.4 Å². The number of carbonyl (C=O) groups is 3. The van der Waals surface area contributed by atoms with Crippen LogP contribution >= 0.6 is 0 Å². The summed E-state index contributed by atoms with van der Waals surface area (Å²) in [5, 5.41) is 2.20. The Bertz CT molecular complexity index is 602. The van der Waals surface area contributed by atoms with Crippen molar-refractivity contribution in [2.75, 3.05) is 7.11 Å². The molecule has 0 saturated heterocycles. The van der Waals surface area contributed by atoms with Gasteiger partial charge in [0.1, 0.15) is 6.04 Å². The van der Waals surface area contributed by atoms with Crippen molar-refractivity contribution < 1.29 is 32.3 Å². The lowest BCUT2D eigenvalue weighted by Gasteiger charge is -2.15. The van der Waals surface area contributed by atoms with Gasteiger partial charge in [0.2, 0.25) is 5.91 Å². The molecule has 9 heteroatoms. The van der Waals surface area contributed by atoms with Crippen molar-refractivity contribution >= 4 is 17.8 Å². The number of benzene rings is 1. The van der Waals surface area contributed by atoms with Crippen LogP contribution in [0.1, 0.15) is 28.8 Å². The van der Waals surface area contributed by atoms with E-state index in [1.807, 2.05) is 0 Å². The summed E-state index contributed by atoms with van der Waals surface area (Å²) in [5.74, 6) is -2.41. The molecule has 0 aromatic heterocycles. The quantitative estimate of drug-likeness (QED) is 0.766. The molecule has 3 N–H and O–H groups in total. The van der Waals surface area contributed by atoms with Gasteiger partial charge >= 0.3 is 12.1 Å². The molecule has 1 rings (SSSR count). The van der Waals surface area contributed by atoms with Crippen molar-refractivity contribution in [1.82, 2.24) is 5.32 Å². The SMILES string of the molecule is COC(=O)CC[C@H](NC(=O)c1cccc(C(F)(F)F)c1)C(N)=O. The lowest BCUT2D eigenvalue weighted by atomic mass is 10.1. The molecule has 0 heterocycles. The Morgan fingerprint density at radius 1 is 1.30 bits per heavy atom. The van der Waals surface area contributed by atoms with Gasteiger partial charge in [-0.3, -0.25) is 14.4 Å². The molecule has 2 amide bonds. The number of nitrogens with two attached hydrogens (primary N) is 1. The number of halogens is 3. The van der Waals surface area contributed by atoms with E-state index >= 15 is 0 Å². The first-order valence-electron chi connectivity index (χ1n) is 6.49. The van der Waals surface area contributed by atoms with Crippen molar-refractivity contribution in [2.24, 2.45) is 5.73 Å². The number of rotatable bonds is 6. The third-order valence-electron chi connectivity index (χ3n) is 2.97. The highest BCUT2D eigenvalue weighted by atomic mass is 19.4. The number of carbonyl (C=O) groups excluding carboxylic acids is 3. The number of methoxy groups -OCH3 is 1. The normalized spacial score (nSPS) is 12.3. The van der Waals surface area contributed by atoms with Gasteiger partial charge in [0.25, 0.3) is 5.91 Å². The Balaban J connectivity index is 2.83. The second kappa shape index (κ2) is 7.61. The predicted octanol–water partition coefficient (Wildman–Crippen LogP) is 1.24. The number of nitrogens with one attached hydrogen (secondary N) is 1. The summed E-state index contributed by atoms with van der Waals surface area (Å²) in [6, 6.07) is 2.53. The average molecular weight is 332 g/mol. The molecule has 0 spiro atoms. The van der Waals surface area contributed by atoms with Crippen LogP contribution in [0.5, 0.6) is 0 Å². The van der Waals surface area contributed by atoms with E-state index in [2.05, 4.69) is 10.1 Å². The Labute approximate surface area is 129 Å². The fourth-order valence-corrected chi connectivity index (χ4v) is 1.73. The molecule has 0 radical (unpaired) electrons. The molecule has 0 aliphatic rings. The molecular weight excluding hydrogens is 317 g/mol. The van der Waals surface area contributed by atoms with Crippen LogP contribution in [0.2, 0.25) is 0 Å². The first-order chi connectivity index (χ1) is 10.6. The maximum Gasteiger partial charge on any atom is 0.416 e. The molecule has 23 heavy (non-hydrogen) atoms. The molecule has 1 aromatic carbocycles. The highest BCUT2D eigenvalue weighted by Crippen LogP contribution is 2.29. The second-order valence-electron chi connectivity index (χ2n) is 4.62. The van der Waals surface area contributed by atoms with Crippen molar-refractivity contribution in [2.45, 2.75) is 25.1 Å². The van der Waals surface area contributed by atoms with Crippen LogP contribution in [0.3, 0.4) is 0 Å². The van der Waals surface area contributed by atoms with Crippen molar-refractivity contribution in [3.8, 4) is 0 Å². The standard InChI is InChI=1S/C14H15F3N2O4/c1-23-11(20)6-5-10(12(18)21)19-13(22)8-3-2-4-9(7-8)14(15,16)17/h2-4,7,10H,5-6H2,1H3,(H2,18,21)(H,19,22)/t10-/m0/s1. The van der Waals surface area contributed by atoms with Gasteiger partial charge in [-0.2, -0.15) is 13.2 Å². The van der Waals surface area contributed by atoms with E-state index < -0.39 is 35.6 Å². The summed E-state index contributed by atoms with van der Waals surface area (Å²) in [5.41, 5.74) is 3.84. The molecule has 0 unspecified atom stereocenters. The van der Waals surface area contributed by atoms with Crippen LogP contribution in [0.25, 0.3) is 0 Å². The summed E-state index contributed by atoms with van der Waals surface area (Å²) >= 11 is 0. The summed E-state index contributed by atoms with van der Waals surface area (Å²) in [6.45, 7) is 0. The van der Waals surface area contributed by atoms with Gasteiger partial charge in [0.15, 0.2) is 0 Å². The topological polar surface area (TPSA) is 98.5 Å². The van der Waals surface area contributed by atoms with E-state index in [0.29, 0.717) is 6.07 Å². The van der Waals surface area contributed by atoms with E-state index in [9.17, 15) is 27.6 Å². The third-order valence-corrected chi connectivity index (χ3v) is 2.97. The van der Waals surface area contributed by atoms with Gasteiger partial charge in [-0.05, 0) is 24.6 Å². The maximum absolute atomic E-state index is 12.6. The van der Waals surface area contributed by atoms with Crippen molar-refractivity contribution in [3.05, 3.63) is 35.4 Å². The zero-order valence-corrected chi connectivity index (χ0v) is 12.1. The van der Waals surface area contributed by atoms with Gasteiger partial charge in [0.05, 0.1) is 12.7 Å². The van der Waals surface area contributed by atoms with Crippen LogP contribution in [-0.4, -0.2) is 30.9 Å². The smallest absolute Gasteiger partial charge is 0.416 e. The summed E-state index contributed by atoms with van der Waals surface area (Å²) < 4.78 is 42.2. The molecular formula is C14H15F3N2O4. The Hall–Kier alpha value is -2.58. The molecule has 0 fully saturated rings. The first kappa shape index (κ1) is 18.5.